The van der Waals surface area contributed by atoms with Crippen molar-refractivity contribution in [1.82, 2.24) is 10.6 Å². The second-order valence-corrected chi connectivity index (χ2v) is 8.40. The molecule has 192 valence electrons. The molecule has 0 bridgehead atoms. The molecular formula is C27H32N2O7. The fourth-order valence-electron chi connectivity index (χ4n) is 3.87. The monoisotopic (exact) mass is 496 g/mol. The molecule has 0 aliphatic carbocycles. The molecule has 9 nitrogen and oxygen atoms in total. The Hall–Kier alpha value is -3.88. The highest BCUT2D eigenvalue weighted by molar-refractivity contribution is 5.97. The van der Waals surface area contributed by atoms with Crippen molar-refractivity contribution in [3.8, 4) is 0 Å². The SMILES string of the molecule is CCCCCc1ccc(C(=O)CCC(=O)OCC2=C(C(=O)OCC)C(c3ccco3)NC(=O)N2)cc1. The summed E-state index contributed by atoms with van der Waals surface area (Å²) in [5.74, 6) is -1.13. The van der Waals surface area contributed by atoms with Gasteiger partial charge in [0, 0.05) is 12.0 Å². The van der Waals surface area contributed by atoms with E-state index < -0.39 is 24.0 Å². The van der Waals surface area contributed by atoms with E-state index in [0.29, 0.717) is 11.3 Å². The van der Waals surface area contributed by atoms with Crippen LogP contribution in [0.15, 0.2) is 58.3 Å². The number of urea groups is 1. The number of rotatable bonds is 13. The van der Waals surface area contributed by atoms with E-state index >= 15 is 0 Å². The first-order valence-corrected chi connectivity index (χ1v) is 12.2. The number of amides is 2. The third kappa shape index (κ3) is 7.31. The molecule has 2 N–H and O–H groups in total. The van der Waals surface area contributed by atoms with Crippen molar-refractivity contribution in [1.29, 1.82) is 0 Å². The molecule has 2 aromatic rings. The van der Waals surface area contributed by atoms with Gasteiger partial charge in [0.25, 0.3) is 0 Å². The van der Waals surface area contributed by atoms with Crippen molar-refractivity contribution >= 4 is 23.8 Å². The summed E-state index contributed by atoms with van der Waals surface area (Å²) in [4.78, 5) is 49.7. The summed E-state index contributed by atoms with van der Waals surface area (Å²) >= 11 is 0. The van der Waals surface area contributed by atoms with Crippen LogP contribution >= 0.6 is 0 Å². The number of hydrogen-bond donors (Lipinski definition) is 2. The Labute approximate surface area is 210 Å². The van der Waals surface area contributed by atoms with Gasteiger partial charge < -0.3 is 24.5 Å². The first-order valence-electron chi connectivity index (χ1n) is 12.2. The minimum atomic E-state index is -0.895. The van der Waals surface area contributed by atoms with Crippen molar-refractivity contribution in [2.24, 2.45) is 0 Å². The van der Waals surface area contributed by atoms with E-state index in [1.807, 2.05) is 12.1 Å². The zero-order valence-corrected chi connectivity index (χ0v) is 20.6. The molecule has 1 aliphatic rings. The van der Waals surface area contributed by atoms with Gasteiger partial charge >= 0.3 is 18.0 Å². The number of benzene rings is 1. The summed E-state index contributed by atoms with van der Waals surface area (Å²) < 4.78 is 15.8. The minimum Gasteiger partial charge on any atom is -0.467 e. The third-order valence-corrected chi connectivity index (χ3v) is 5.76. The summed E-state index contributed by atoms with van der Waals surface area (Å²) in [6, 6.07) is 9.22. The molecule has 3 rings (SSSR count). The lowest BCUT2D eigenvalue weighted by Gasteiger charge is -2.27. The highest BCUT2D eigenvalue weighted by atomic mass is 16.5. The lowest BCUT2D eigenvalue weighted by Crippen LogP contribution is -2.47. The van der Waals surface area contributed by atoms with Gasteiger partial charge in [-0.15, -0.1) is 0 Å². The van der Waals surface area contributed by atoms with Crippen molar-refractivity contribution in [2.45, 2.75) is 58.4 Å². The van der Waals surface area contributed by atoms with Crippen LogP contribution in [0.1, 0.15) is 73.7 Å². The van der Waals surface area contributed by atoms with Crippen LogP contribution in [0.25, 0.3) is 0 Å². The molecule has 0 spiro atoms. The Kier molecular flexibility index (Phi) is 9.85. The molecule has 0 saturated heterocycles. The van der Waals surface area contributed by atoms with Gasteiger partial charge in [0.1, 0.15) is 18.4 Å². The molecule has 0 saturated carbocycles. The van der Waals surface area contributed by atoms with Gasteiger partial charge in [0.15, 0.2) is 5.78 Å². The van der Waals surface area contributed by atoms with Crippen molar-refractivity contribution in [2.75, 3.05) is 13.2 Å². The standard InChI is InChI=1S/C27H32N2O7/c1-3-5-6-8-18-10-12-19(13-11-18)21(30)14-15-23(31)36-17-20-24(26(32)34-4-2)25(29-27(33)28-20)22-9-7-16-35-22/h7,9-13,16,25H,3-6,8,14-15,17H2,1-2H3,(H2,28,29,33). The zero-order chi connectivity index (χ0) is 25.9. The van der Waals surface area contributed by atoms with Crippen molar-refractivity contribution < 1.29 is 33.1 Å². The van der Waals surface area contributed by atoms with Gasteiger partial charge in [0.05, 0.1) is 30.6 Å². The molecule has 2 amide bonds. The number of aryl methyl sites for hydroxylation is 1. The zero-order valence-electron chi connectivity index (χ0n) is 20.6. The fraction of sp³-hybridized carbons (Fsp3) is 0.407. The Morgan fingerprint density at radius 3 is 2.44 bits per heavy atom. The second kappa shape index (κ2) is 13.3. The van der Waals surface area contributed by atoms with E-state index in [0.717, 1.165) is 19.3 Å². The molecule has 36 heavy (non-hydrogen) atoms. The van der Waals surface area contributed by atoms with Crippen LogP contribution in [0.3, 0.4) is 0 Å². The molecule has 0 radical (unpaired) electrons. The number of unbranched alkanes of at least 4 members (excludes halogenated alkanes) is 2. The largest absolute Gasteiger partial charge is 0.467 e. The van der Waals surface area contributed by atoms with Gasteiger partial charge in [-0.2, -0.15) is 0 Å². The lowest BCUT2D eigenvalue weighted by atomic mass is 10.0. The van der Waals surface area contributed by atoms with Gasteiger partial charge in [-0.3, -0.25) is 9.59 Å². The van der Waals surface area contributed by atoms with Crippen LogP contribution < -0.4 is 10.6 Å². The summed E-state index contributed by atoms with van der Waals surface area (Å²) in [7, 11) is 0. The van der Waals surface area contributed by atoms with Crippen LogP contribution in [-0.2, 0) is 25.5 Å². The van der Waals surface area contributed by atoms with Crippen LogP contribution in [0.5, 0.6) is 0 Å². The highest BCUT2D eigenvalue weighted by Gasteiger charge is 2.35. The molecule has 0 fully saturated rings. The number of ketones is 1. The first-order chi connectivity index (χ1) is 17.4. The van der Waals surface area contributed by atoms with E-state index in [4.69, 9.17) is 13.9 Å². The minimum absolute atomic E-state index is 0.0132. The van der Waals surface area contributed by atoms with Crippen LogP contribution in [0, 0.1) is 0 Å². The Balaban J connectivity index is 1.59. The Bertz CT molecular complexity index is 1090. The van der Waals surface area contributed by atoms with E-state index in [9.17, 15) is 19.2 Å². The molecule has 1 aromatic heterocycles. The average molecular weight is 497 g/mol. The number of esters is 2. The van der Waals surface area contributed by atoms with Crippen molar-refractivity contribution in [3.63, 3.8) is 0 Å². The maximum atomic E-state index is 12.6. The molecule has 1 unspecified atom stereocenters. The quantitative estimate of drug-likeness (QED) is 0.239. The van der Waals surface area contributed by atoms with Gasteiger partial charge in [-0.05, 0) is 37.5 Å². The summed E-state index contributed by atoms with van der Waals surface area (Å²) in [5.41, 5.74) is 1.90. The molecule has 1 aromatic carbocycles. The number of ether oxygens (including phenoxy) is 2. The third-order valence-electron chi connectivity index (χ3n) is 5.76. The van der Waals surface area contributed by atoms with Crippen LogP contribution in [0.4, 0.5) is 4.79 Å². The van der Waals surface area contributed by atoms with Crippen molar-refractivity contribution in [3.05, 3.63) is 70.8 Å². The normalized spacial score (nSPS) is 15.2. The number of nitrogens with one attached hydrogen (secondary N) is 2. The molecule has 1 aliphatic heterocycles. The topological polar surface area (TPSA) is 124 Å². The molecular weight excluding hydrogens is 464 g/mol. The molecule has 2 heterocycles. The van der Waals surface area contributed by atoms with Gasteiger partial charge in [-0.25, -0.2) is 9.59 Å². The fourth-order valence-corrected chi connectivity index (χ4v) is 3.87. The van der Waals surface area contributed by atoms with E-state index in [1.54, 1.807) is 31.2 Å². The predicted octanol–water partition coefficient (Wildman–Crippen LogP) is 4.39. The predicted molar refractivity (Wildman–Crippen MR) is 131 cm³/mol. The number of hydrogen-bond acceptors (Lipinski definition) is 7. The Morgan fingerprint density at radius 2 is 1.78 bits per heavy atom. The maximum Gasteiger partial charge on any atom is 0.338 e. The lowest BCUT2D eigenvalue weighted by molar-refractivity contribution is -0.143. The second-order valence-electron chi connectivity index (χ2n) is 8.40. The first kappa shape index (κ1) is 26.7. The number of carbonyl (C=O) groups is 4. The number of furan rings is 1. The molecule has 9 heteroatoms. The molecule has 1 atom stereocenters. The number of carbonyl (C=O) groups excluding carboxylic acids is 4. The van der Waals surface area contributed by atoms with E-state index in [-0.39, 0.29) is 43.1 Å². The van der Waals surface area contributed by atoms with E-state index in [1.165, 1.54) is 18.2 Å². The van der Waals surface area contributed by atoms with Gasteiger partial charge in [-0.1, -0.05) is 44.0 Å². The van der Waals surface area contributed by atoms with Gasteiger partial charge in [0.2, 0.25) is 0 Å². The smallest absolute Gasteiger partial charge is 0.338 e. The summed E-state index contributed by atoms with van der Waals surface area (Å²) in [6.45, 7) is 3.57. The van der Waals surface area contributed by atoms with Crippen LogP contribution in [0.2, 0.25) is 0 Å². The maximum absolute atomic E-state index is 12.6. The van der Waals surface area contributed by atoms with Crippen LogP contribution in [-0.4, -0.2) is 37.0 Å². The number of Topliss-reactive ketones (excluding diaryl/α,β-unsaturated/α-hetero) is 1. The Morgan fingerprint density at radius 1 is 1.00 bits per heavy atom. The van der Waals surface area contributed by atoms with E-state index in [2.05, 4.69) is 17.6 Å². The summed E-state index contributed by atoms with van der Waals surface area (Å²) in [6.07, 6.45) is 5.69. The summed E-state index contributed by atoms with van der Waals surface area (Å²) in [5, 5.41) is 5.12. The average Bonchev–Trinajstić information content (AvgIpc) is 3.41. The highest BCUT2D eigenvalue weighted by Crippen LogP contribution is 2.28.